The normalized spacial score (nSPS) is 19.4. The predicted octanol–water partition coefficient (Wildman–Crippen LogP) is 3.76. The van der Waals surface area contributed by atoms with Crippen LogP contribution in [0.25, 0.3) is 0 Å². The van der Waals surface area contributed by atoms with Crippen molar-refractivity contribution in [1.29, 1.82) is 0 Å². The maximum absolute atomic E-state index is 12.7. The molecule has 1 aliphatic heterocycles. The quantitative estimate of drug-likeness (QED) is 0.701. The number of carbonyl (C=O) groups excluding carboxylic acids is 1. The molecule has 1 aromatic rings. The fourth-order valence-corrected chi connectivity index (χ4v) is 4.58. The highest BCUT2D eigenvalue weighted by atomic mass is 16.5. The van der Waals surface area contributed by atoms with Gasteiger partial charge in [0.2, 0.25) is 11.7 Å². The van der Waals surface area contributed by atoms with Gasteiger partial charge in [-0.2, -0.15) is 0 Å². The number of hydrogen-bond acceptors (Lipinski definition) is 5. The van der Waals surface area contributed by atoms with Gasteiger partial charge in [0.1, 0.15) is 0 Å². The molecular formula is C23H36N2O4. The summed E-state index contributed by atoms with van der Waals surface area (Å²) in [5.74, 6) is 2.39. The lowest BCUT2D eigenvalue weighted by molar-refractivity contribution is -0.127. The number of likely N-dealkylation sites (tertiary alicyclic amines) is 1. The Labute approximate surface area is 174 Å². The molecule has 0 aromatic heterocycles. The first-order valence-corrected chi connectivity index (χ1v) is 11.0. The number of nitrogens with zero attached hydrogens (tertiary/aromatic N) is 1. The molecule has 1 aliphatic carbocycles. The fraction of sp³-hybridized carbons (Fsp3) is 0.696. The Balaban J connectivity index is 1.52. The summed E-state index contributed by atoms with van der Waals surface area (Å²) in [7, 11) is 4.89. The predicted molar refractivity (Wildman–Crippen MR) is 114 cm³/mol. The van der Waals surface area contributed by atoms with Crippen molar-refractivity contribution >= 4 is 5.91 Å². The van der Waals surface area contributed by atoms with E-state index < -0.39 is 0 Å². The molecule has 0 atom stereocenters. The van der Waals surface area contributed by atoms with Gasteiger partial charge in [0, 0.05) is 18.5 Å². The molecule has 0 radical (unpaired) electrons. The summed E-state index contributed by atoms with van der Waals surface area (Å²) >= 11 is 0. The summed E-state index contributed by atoms with van der Waals surface area (Å²) in [5, 5.41) is 3.33. The highest BCUT2D eigenvalue weighted by molar-refractivity contribution is 5.79. The summed E-state index contributed by atoms with van der Waals surface area (Å²) in [6.07, 6.45) is 9.25. The number of carbonyl (C=O) groups is 1. The molecule has 0 bridgehead atoms. The van der Waals surface area contributed by atoms with E-state index in [0.29, 0.717) is 23.3 Å². The Hall–Kier alpha value is -1.95. The molecule has 0 unspecified atom stereocenters. The fourth-order valence-electron chi connectivity index (χ4n) is 4.58. The van der Waals surface area contributed by atoms with Crippen molar-refractivity contribution in [3.05, 3.63) is 17.7 Å². The average Bonchev–Trinajstić information content (AvgIpc) is 3.02. The maximum Gasteiger partial charge on any atom is 0.223 e. The molecule has 2 aliphatic rings. The molecule has 1 aromatic carbocycles. The maximum atomic E-state index is 12.7. The van der Waals surface area contributed by atoms with Crippen LogP contribution in [0.4, 0.5) is 0 Å². The highest BCUT2D eigenvalue weighted by Gasteiger charge is 2.27. The summed E-state index contributed by atoms with van der Waals surface area (Å²) in [6, 6.07) is 4.40. The van der Waals surface area contributed by atoms with Crippen molar-refractivity contribution in [3.63, 3.8) is 0 Å². The van der Waals surface area contributed by atoms with Crippen molar-refractivity contribution in [2.75, 3.05) is 34.4 Å². The van der Waals surface area contributed by atoms with E-state index in [4.69, 9.17) is 14.2 Å². The lowest BCUT2D eigenvalue weighted by atomic mass is 9.94. The lowest BCUT2D eigenvalue weighted by Crippen LogP contribution is -2.43. The molecule has 162 valence electrons. The van der Waals surface area contributed by atoms with E-state index in [0.717, 1.165) is 50.9 Å². The highest BCUT2D eigenvalue weighted by Crippen LogP contribution is 2.38. The minimum absolute atomic E-state index is 0.148. The topological polar surface area (TPSA) is 60.0 Å². The molecule has 29 heavy (non-hydrogen) atoms. The number of benzene rings is 1. The zero-order chi connectivity index (χ0) is 20.6. The van der Waals surface area contributed by atoms with Gasteiger partial charge < -0.3 is 19.5 Å². The molecule has 6 heteroatoms. The van der Waals surface area contributed by atoms with Gasteiger partial charge in [0.05, 0.1) is 21.3 Å². The molecular weight excluding hydrogens is 368 g/mol. The average molecular weight is 405 g/mol. The van der Waals surface area contributed by atoms with Gasteiger partial charge in [-0.05, 0) is 56.5 Å². The molecule has 6 nitrogen and oxygen atoms in total. The third kappa shape index (κ3) is 5.78. The number of piperidine rings is 1. The summed E-state index contributed by atoms with van der Waals surface area (Å²) in [4.78, 5) is 15.1. The van der Waals surface area contributed by atoms with Crippen LogP contribution in [0.1, 0.15) is 56.9 Å². The number of nitrogens with one attached hydrogen (secondary N) is 1. The molecule has 1 saturated heterocycles. The van der Waals surface area contributed by atoms with Gasteiger partial charge in [0.15, 0.2) is 11.5 Å². The number of amides is 1. The van der Waals surface area contributed by atoms with Crippen molar-refractivity contribution in [1.82, 2.24) is 10.2 Å². The molecule has 1 amide bonds. The SMILES string of the molecule is COc1cc(CN2CCC(C(=O)NC3CCCCCC3)CC2)cc(OC)c1OC. The molecule has 3 rings (SSSR count). The molecule has 1 N–H and O–H groups in total. The smallest absolute Gasteiger partial charge is 0.223 e. The van der Waals surface area contributed by atoms with Crippen LogP contribution in [-0.4, -0.2) is 51.3 Å². The largest absolute Gasteiger partial charge is 0.493 e. The Kier molecular flexibility index (Phi) is 8.04. The molecule has 0 spiro atoms. The minimum Gasteiger partial charge on any atom is -0.493 e. The second-order valence-corrected chi connectivity index (χ2v) is 8.28. The summed E-state index contributed by atoms with van der Waals surface area (Å²) < 4.78 is 16.3. The standard InChI is InChI=1S/C23H36N2O4/c1-27-20-14-17(15-21(28-2)22(20)29-3)16-25-12-10-18(11-13-25)23(26)24-19-8-6-4-5-7-9-19/h14-15,18-19H,4-13,16H2,1-3H3,(H,24,26). The number of rotatable bonds is 7. The van der Waals surface area contributed by atoms with Gasteiger partial charge >= 0.3 is 0 Å². The van der Waals surface area contributed by atoms with Crippen molar-refractivity contribution in [2.24, 2.45) is 5.92 Å². The van der Waals surface area contributed by atoms with Crippen LogP contribution in [0.15, 0.2) is 12.1 Å². The van der Waals surface area contributed by atoms with Gasteiger partial charge in [-0.15, -0.1) is 0 Å². The summed E-state index contributed by atoms with van der Waals surface area (Å²) in [5.41, 5.74) is 1.13. The van der Waals surface area contributed by atoms with Gasteiger partial charge in [-0.25, -0.2) is 0 Å². The first kappa shape index (κ1) is 21.8. The van der Waals surface area contributed by atoms with Crippen LogP contribution >= 0.6 is 0 Å². The third-order valence-electron chi connectivity index (χ3n) is 6.29. The lowest BCUT2D eigenvalue weighted by Gasteiger charge is -2.32. The van der Waals surface area contributed by atoms with Gasteiger partial charge in [-0.3, -0.25) is 9.69 Å². The van der Waals surface area contributed by atoms with Crippen LogP contribution < -0.4 is 19.5 Å². The van der Waals surface area contributed by atoms with E-state index in [1.165, 1.54) is 25.7 Å². The van der Waals surface area contributed by atoms with E-state index in [-0.39, 0.29) is 11.8 Å². The van der Waals surface area contributed by atoms with E-state index >= 15 is 0 Å². The van der Waals surface area contributed by atoms with Gasteiger partial charge in [-0.1, -0.05) is 25.7 Å². The second kappa shape index (κ2) is 10.7. The minimum atomic E-state index is 0.148. The van der Waals surface area contributed by atoms with Gasteiger partial charge in [0.25, 0.3) is 0 Å². The zero-order valence-corrected chi connectivity index (χ0v) is 18.2. The molecule has 1 saturated carbocycles. The number of methoxy groups -OCH3 is 3. The second-order valence-electron chi connectivity index (χ2n) is 8.28. The summed E-state index contributed by atoms with van der Waals surface area (Å²) in [6.45, 7) is 2.67. The van der Waals surface area contributed by atoms with E-state index in [2.05, 4.69) is 10.2 Å². The number of ether oxygens (including phenoxy) is 3. The Morgan fingerprint density at radius 2 is 1.52 bits per heavy atom. The first-order valence-electron chi connectivity index (χ1n) is 11.0. The molecule has 1 heterocycles. The molecule has 2 fully saturated rings. The monoisotopic (exact) mass is 404 g/mol. The number of hydrogen-bond donors (Lipinski definition) is 1. The van der Waals surface area contributed by atoms with Crippen molar-refractivity contribution in [2.45, 2.75) is 64.0 Å². The Morgan fingerprint density at radius 3 is 2.03 bits per heavy atom. The first-order chi connectivity index (χ1) is 14.1. The third-order valence-corrected chi connectivity index (χ3v) is 6.29. The van der Waals surface area contributed by atoms with Crippen molar-refractivity contribution in [3.8, 4) is 17.2 Å². The Morgan fingerprint density at radius 1 is 0.931 bits per heavy atom. The zero-order valence-electron chi connectivity index (χ0n) is 18.2. The van der Waals surface area contributed by atoms with Crippen LogP contribution in [0.5, 0.6) is 17.2 Å². The van der Waals surface area contributed by atoms with Crippen LogP contribution in [-0.2, 0) is 11.3 Å². The van der Waals surface area contributed by atoms with Crippen molar-refractivity contribution < 1.29 is 19.0 Å². The van der Waals surface area contributed by atoms with E-state index in [9.17, 15) is 4.79 Å². The van der Waals surface area contributed by atoms with E-state index in [1.54, 1.807) is 21.3 Å². The van der Waals surface area contributed by atoms with Crippen LogP contribution in [0.2, 0.25) is 0 Å². The Bertz CT molecular complexity index is 638. The van der Waals surface area contributed by atoms with Crippen LogP contribution in [0, 0.1) is 5.92 Å². The van der Waals surface area contributed by atoms with E-state index in [1.807, 2.05) is 12.1 Å². The van der Waals surface area contributed by atoms with Crippen LogP contribution in [0.3, 0.4) is 0 Å².